The molecule has 0 heterocycles. The minimum Gasteiger partial charge on any atom is -0.294 e. The van der Waals surface area contributed by atoms with Crippen LogP contribution < -0.4 is 0 Å². The zero-order chi connectivity index (χ0) is 13.8. The first-order valence-corrected chi connectivity index (χ1v) is 6.75. The van der Waals surface area contributed by atoms with Gasteiger partial charge < -0.3 is 0 Å². The highest BCUT2D eigenvalue weighted by Crippen LogP contribution is 2.16. The highest BCUT2D eigenvalue weighted by atomic mass is 16.1. The summed E-state index contributed by atoms with van der Waals surface area (Å²) in [6.07, 6.45) is 0.475. The lowest BCUT2D eigenvalue weighted by Gasteiger charge is -2.07. The van der Waals surface area contributed by atoms with Crippen LogP contribution in [0.25, 0.3) is 0 Å². The number of aryl methyl sites for hydroxylation is 1. The van der Waals surface area contributed by atoms with Crippen molar-refractivity contribution in [2.24, 2.45) is 0 Å². The van der Waals surface area contributed by atoms with Gasteiger partial charge in [0.05, 0.1) is 0 Å². The third kappa shape index (κ3) is 3.31. The lowest BCUT2D eigenvalue weighted by Crippen LogP contribution is -2.05. The predicted octanol–water partition coefficient (Wildman–Crippen LogP) is 4.54. The van der Waals surface area contributed by atoms with Crippen LogP contribution in [0.3, 0.4) is 0 Å². The van der Waals surface area contributed by atoms with Gasteiger partial charge in [0.15, 0.2) is 5.78 Å². The third-order valence-corrected chi connectivity index (χ3v) is 3.46. The number of benzene rings is 2. The largest absolute Gasteiger partial charge is 0.294 e. The number of carbonyl (C=O) groups is 1. The van der Waals surface area contributed by atoms with Crippen molar-refractivity contribution in [1.82, 2.24) is 0 Å². The molecule has 2 aromatic carbocycles. The molecule has 0 aliphatic carbocycles. The average molecular weight is 252 g/mol. The minimum atomic E-state index is 0.190. The first kappa shape index (κ1) is 13.5. The Labute approximate surface area is 115 Å². The van der Waals surface area contributed by atoms with Crippen molar-refractivity contribution in [3.63, 3.8) is 0 Å². The number of carbonyl (C=O) groups excluding carboxylic acids is 1. The molecule has 0 aromatic heterocycles. The summed E-state index contributed by atoms with van der Waals surface area (Å²) in [5.41, 5.74) is 4.27. The summed E-state index contributed by atoms with van der Waals surface area (Å²) in [7, 11) is 0. The van der Waals surface area contributed by atoms with E-state index in [1.54, 1.807) is 0 Å². The second-order valence-corrected chi connectivity index (χ2v) is 5.31. The van der Waals surface area contributed by atoms with Crippen molar-refractivity contribution in [3.05, 3.63) is 70.8 Å². The van der Waals surface area contributed by atoms with Crippen LogP contribution in [0.1, 0.15) is 46.8 Å². The maximum Gasteiger partial charge on any atom is 0.167 e. The first-order chi connectivity index (χ1) is 9.08. The Morgan fingerprint density at radius 2 is 1.63 bits per heavy atom. The van der Waals surface area contributed by atoms with E-state index in [4.69, 9.17) is 0 Å². The Hall–Kier alpha value is -1.89. The van der Waals surface area contributed by atoms with Gasteiger partial charge in [-0.15, -0.1) is 0 Å². The Morgan fingerprint density at radius 3 is 2.21 bits per heavy atom. The molecule has 0 spiro atoms. The number of Topliss-reactive ketones (excluding diaryl/α,β-unsaturated/α-hetero) is 1. The Bertz CT molecular complexity index is 564. The molecule has 1 nitrogen and oxygen atoms in total. The smallest absolute Gasteiger partial charge is 0.167 e. The molecule has 0 amide bonds. The summed E-state index contributed by atoms with van der Waals surface area (Å²) in [5.74, 6) is 0.719. The fraction of sp³-hybridized carbons (Fsp3) is 0.278. The van der Waals surface area contributed by atoms with Gasteiger partial charge in [-0.25, -0.2) is 0 Å². The topological polar surface area (TPSA) is 17.1 Å². The molecule has 98 valence electrons. The molecule has 0 saturated carbocycles. The van der Waals surface area contributed by atoms with Crippen molar-refractivity contribution >= 4 is 5.78 Å². The molecule has 0 saturated heterocycles. The zero-order valence-corrected chi connectivity index (χ0v) is 11.8. The zero-order valence-electron chi connectivity index (χ0n) is 11.8. The lowest BCUT2D eigenvalue weighted by molar-refractivity contribution is 0.0992. The summed E-state index contributed by atoms with van der Waals surface area (Å²) in [4.78, 5) is 12.3. The summed E-state index contributed by atoms with van der Waals surface area (Å²) >= 11 is 0. The molecule has 0 radical (unpaired) electrons. The Morgan fingerprint density at radius 1 is 1.00 bits per heavy atom. The molecule has 19 heavy (non-hydrogen) atoms. The number of rotatable bonds is 4. The maximum absolute atomic E-state index is 12.3. The van der Waals surface area contributed by atoms with E-state index in [2.05, 4.69) is 38.1 Å². The van der Waals surface area contributed by atoms with Crippen LogP contribution in [0.15, 0.2) is 48.5 Å². The summed E-state index contributed by atoms with van der Waals surface area (Å²) in [6, 6.07) is 16.1. The second kappa shape index (κ2) is 5.83. The predicted molar refractivity (Wildman–Crippen MR) is 79.7 cm³/mol. The van der Waals surface area contributed by atoms with Gasteiger partial charge in [-0.3, -0.25) is 4.79 Å². The van der Waals surface area contributed by atoms with Crippen LogP contribution >= 0.6 is 0 Å². The van der Waals surface area contributed by atoms with Crippen LogP contribution in [0.4, 0.5) is 0 Å². The van der Waals surface area contributed by atoms with Gasteiger partial charge in [-0.05, 0) is 29.5 Å². The van der Waals surface area contributed by atoms with Crippen LogP contribution in [0, 0.1) is 6.92 Å². The number of ketones is 1. The van der Waals surface area contributed by atoms with Gasteiger partial charge >= 0.3 is 0 Å². The number of hydrogen-bond acceptors (Lipinski definition) is 1. The normalized spacial score (nSPS) is 10.7. The average Bonchev–Trinajstić information content (AvgIpc) is 2.39. The summed E-state index contributed by atoms with van der Waals surface area (Å²) in [5, 5.41) is 0. The van der Waals surface area contributed by atoms with Gasteiger partial charge in [0.1, 0.15) is 0 Å². The van der Waals surface area contributed by atoms with Crippen molar-refractivity contribution < 1.29 is 4.79 Å². The van der Waals surface area contributed by atoms with Gasteiger partial charge in [-0.2, -0.15) is 0 Å². The Kier molecular flexibility index (Phi) is 4.16. The van der Waals surface area contributed by atoms with Crippen LogP contribution in [-0.2, 0) is 6.42 Å². The first-order valence-electron chi connectivity index (χ1n) is 6.75. The van der Waals surface area contributed by atoms with E-state index in [9.17, 15) is 4.79 Å². The van der Waals surface area contributed by atoms with E-state index >= 15 is 0 Å². The SMILES string of the molecule is Cc1ccccc1C(=O)Cc1ccc(C(C)C)cc1. The molecule has 2 aromatic rings. The van der Waals surface area contributed by atoms with E-state index in [0.717, 1.165) is 16.7 Å². The van der Waals surface area contributed by atoms with Crippen LogP contribution in [0.2, 0.25) is 0 Å². The second-order valence-electron chi connectivity index (χ2n) is 5.31. The molecule has 0 unspecified atom stereocenters. The van der Waals surface area contributed by atoms with E-state index < -0.39 is 0 Å². The summed E-state index contributed by atoms with van der Waals surface area (Å²) < 4.78 is 0. The minimum absolute atomic E-state index is 0.190. The molecular formula is C18H20O. The van der Waals surface area contributed by atoms with Crippen LogP contribution in [0.5, 0.6) is 0 Å². The molecule has 0 atom stereocenters. The highest BCUT2D eigenvalue weighted by molar-refractivity contribution is 5.98. The van der Waals surface area contributed by atoms with Gasteiger partial charge in [-0.1, -0.05) is 62.4 Å². The molecular weight excluding hydrogens is 232 g/mol. The quantitative estimate of drug-likeness (QED) is 0.730. The molecule has 0 aliphatic rings. The van der Waals surface area contributed by atoms with E-state index in [0.29, 0.717) is 12.3 Å². The van der Waals surface area contributed by atoms with Crippen molar-refractivity contribution in [3.8, 4) is 0 Å². The van der Waals surface area contributed by atoms with Crippen molar-refractivity contribution in [1.29, 1.82) is 0 Å². The van der Waals surface area contributed by atoms with Gasteiger partial charge in [0.25, 0.3) is 0 Å². The van der Waals surface area contributed by atoms with E-state index in [1.807, 2.05) is 31.2 Å². The highest BCUT2D eigenvalue weighted by Gasteiger charge is 2.09. The standard InChI is InChI=1S/C18H20O/c1-13(2)16-10-8-15(9-11-16)12-18(19)17-7-5-4-6-14(17)3/h4-11,13H,12H2,1-3H3. The third-order valence-electron chi connectivity index (χ3n) is 3.46. The van der Waals surface area contributed by atoms with E-state index in [1.165, 1.54) is 5.56 Å². The number of hydrogen-bond donors (Lipinski definition) is 0. The molecule has 2 rings (SSSR count). The summed E-state index contributed by atoms with van der Waals surface area (Å²) in [6.45, 7) is 6.33. The molecule has 0 fully saturated rings. The molecule has 0 aliphatic heterocycles. The van der Waals surface area contributed by atoms with Gasteiger partial charge in [0.2, 0.25) is 0 Å². The fourth-order valence-corrected chi connectivity index (χ4v) is 2.19. The van der Waals surface area contributed by atoms with Gasteiger partial charge in [0, 0.05) is 12.0 Å². The lowest BCUT2D eigenvalue weighted by atomic mass is 9.97. The molecule has 0 N–H and O–H groups in total. The molecule has 1 heteroatoms. The van der Waals surface area contributed by atoms with E-state index in [-0.39, 0.29) is 5.78 Å². The fourth-order valence-electron chi connectivity index (χ4n) is 2.19. The molecule has 0 bridgehead atoms. The van der Waals surface area contributed by atoms with Crippen LogP contribution in [-0.4, -0.2) is 5.78 Å². The Balaban J connectivity index is 2.13. The van der Waals surface area contributed by atoms with Crippen molar-refractivity contribution in [2.45, 2.75) is 33.1 Å². The monoisotopic (exact) mass is 252 g/mol. The maximum atomic E-state index is 12.3. The van der Waals surface area contributed by atoms with Crippen molar-refractivity contribution in [2.75, 3.05) is 0 Å².